The minimum Gasteiger partial charge on any atom is -0.348 e. The van der Waals surface area contributed by atoms with Crippen LogP contribution in [-0.2, 0) is 0 Å². The van der Waals surface area contributed by atoms with E-state index in [1.54, 1.807) is 12.1 Å². The summed E-state index contributed by atoms with van der Waals surface area (Å²) >= 11 is 11.7. The molecular formula is C12H12Cl2N2O. The fourth-order valence-electron chi connectivity index (χ4n) is 1.34. The Kier molecular flexibility index (Phi) is 5.27. The molecule has 90 valence electrons. The smallest absolute Gasteiger partial charge is 0.253 e. The number of carbonyl (C=O) groups is 1. The third kappa shape index (κ3) is 3.92. The maximum atomic E-state index is 11.9. The van der Waals surface area contributed by atoms with Crippen molar-refractivity contribution in [2.24, 2.45) is 0 Å². The summed E-state index contributed by atoms with van der Waals surface area (Å²) in [7, 11) is 0. The Labute approximate surface area is 110 Å². The number of carbonyl (C=O) groups excluding carboxylic acids is 1. The van der Waals surface area contributed by atoms with E-state index in [2.05, 4.69) is 5.32 Å². The van der Waals surface area contributed by atoms with Gasteiger partial charge in [-0.1, -0.05) is 30.1 Å². The highest BCUT2D eigenvalue weighted by atomic mass is 35.5. The van der Waals surface area contributed by atoms with Gasteiger partial charge in [-0.2, -0.15) is 5.26 Å². The first-order valence-electron chi connectivity index (χ1n) is 5.21. The van der Waals surface area contributed by atoms with Crippen molar-refractivity contribution in [1.82, 2.24) is 5.32 Å². The lowest BCUT2D eigenvalue weighted by atomic mass is 10.1. The number of halogens is 2. The normalized spacial score (nSPS) is 11.6. The molecule has 0 aliphatic rings. The Hall–Kier alpha value is -1.24. The molecule has 0 aliphatic carbocycles. The number of hydrogen-bond donors (Lipinski definition) is 1. The number of nitrogens with zero attached hydrogens (tertiary/aromatic N) is 1. The van der Waals surface area contributed by atoms with Gasteiger partial charge in [-0.25, -0.2) is 0 Å². The molecular weight excluding hydrogens is 259 g/mol. The Balaban J connectivity index is 2.82. The lowest BCUT2D eigenvalue weighted by Gasteiger charge is -2.14. The highest BCUT2D eigenvalue weighted by Crippen LogP contribution is 2.20. The van der Waals surface area contributed by atoms with Crippen molar-refractivity contribution in [3.8, 4) is 6.07 Å². The van der Waals surface area contributed by atoms with Crippen LogP contribution in [0.4, 0.5) is 0 Å². The largest absolute Gasteiger partial charge is 0.348 e. The van der Waals surface area contributed by atoms with Gasteiger partial charge in [0, 0.05) is 11.1 Å². The predicted octanol–water partition coefficient (Wildman–Crippen LogP) is 3.42. The van der Waals surface area contributed by atoms with E-state index in [-0.39, 0.29) is 18.4 Å². The van der Waals surface area contributed by atoms with Crippen LogP contribution in [0.1, 0.15) is 30.1 Å². The summed E-state index contributed by atoms with van der Waals surface area (Å²) in [5.74, 6) is -0.306. The van der Waals surface area contributed by atoms with E-state index in [1.165, 1.54) is 6.07 Å². The zero-order valence-corrected chi connectivity index (χ0v) is 10.8. The first kappa shape index (κ1) is 13.8. The van der Waals surface area contributed by atoms with E-state index in [0.29, 0.717) is 22.0 Å². The molecule has 5 heteroatoms. The van der Waals surface area contributed by atoms with Crippen LogP contribution in [0.25, 0.3) is 0 Å². The van der Waals surface area contributed by atoms with Gasteiger partial charge in [-0.15, -0.1) is 0 Å². The summed E-state index contributed by atoms with van der Waals surface area (Å²) in [6.07, 6.45) is 0.970. The zero-order valence-electron chi connectivity index (χ0n) is 9.34. The molecule has 1 N–H and O–H groups in total. The van der Waals surface area contributed by atoms with Crippen molar-refractivity contribution in [3.63, 3.8) is 0 Å². The molecule has 3 nitrogen and oxygen atoms in total. The molecule has 0 aliphatic heterocycles. The van der Waals surface area contributed by atoms with Gasteiger partial charge in [0.2, 0.25) is 0 Å². The standard InChI is InChI=1S/C12H12Cl2N2O/c1-2-9(5-6-15)16-12(17)10-7-8(13)3-4-11(10)14/h3-4,7,9H,2,5H2,1H3,(H,16,17). The molecule has 1 aromatic carbocycles. The maximum Gasteiger partial charge on any atom is 0.253 e. The van der Waals surface area contributed by atoms with Gasteiger partial charge in [0.15, 0.2) is 0 Å². The van der Waals surface area contributed by atoms with E-state index in [0.717, 1.165) is 0 Å². The second kappa shape index (κ2) is 6.48. The van der Waals surface area contributed by atoms with Gasteiger partial charge in [-0.05, 0) is 24.6 Å². The van der Waals surface area contributed by atoms with Gasteiger partial charge in [-0.3, -0.25) is 4.79 Å². The average molecular weight is 271 g/mol. The molecule has 1 atom stereocenters. The summed E-state index contributed by atoms with van der Waals surface area (Å²) in [5.41, 5.74) is 0.329. The van der Waals surface area contributed by atoms with Crippen molar-refractivity contribution >= 4 is 29.1 Å². The van der Waals surface area contributed by atoms with Crippen molar-refractivity contribution in [2.45, 2.75) is 25.8 Å². The Morgan fingerprint density at radius 1 is 1.53 bits per heavy atom. The second-order valence-electron chi connectivity index (χ2n) is 3.57. The molecule has 0 saturated carbocycles. The highest BCUT2D eigenvalue weighted by molar-refractivity contribution is 6.35. The monoisotopic (exact) mass is 270 g/mol. The SMILES string of the molecule is CCC(CC#N)NC(=O)c1cc(Cl)ccc1Cl. The van der Waals surface area contributed by atoms with Crippen molar-refractivity contribution in [3.05, 3.63) is 33.8 Å². The van der Waals surface area contributed by atoms with Gasteiger partial charge in [0.1, 0.15) is 0 Å². The molecule has 0 aromatic heterocycles. The molecule has 1 aromatic rings. The molecule has 0 fully saturated rings. The predicted molar refractivity (Wildman–Crippen MR) is 68.2 cm³/mol. The molecule has 0 bridgehead atoms. The second-order valence-corrected chi connectivity index (χ2v) is 4.41. The van der Waals surface area contributed by atoms with Crippen LogP contribution in [0.15, 0.2) is 18.2 Å². The van der Waals surface area contributed by atoms with E-state index >= 15 is 0 Å². The summed E-state index contributed by atoms with van der Waals surface area (Å²) < 4.78 is 0. The van der Waals surface area contributed by atoms with Crippen molar-refractivity contribution in [2.75, 3.05) is 0 Å². The van der Waals surface area contributed by atoms with Crippen molar-refractivity contribution in [1.29, 1.82) is 5.26 Å². The summed E-state index contributed by atoms with van der Waals surface area (Å²) in [5, 5.41) is 12.1. The number of amides is 1. The van der Waals surface area contributed by atoms with E-state index in [4.69, 9.17) is 28.5 Å². The summed E-state index contributed by atoms with van der Waals surface area (Å²) in [4.78, 5) is 11.9. The minimum absolute atomic E-state index is 0.164. The van der Waals surface area contributed by atoms with Gasteiger partial charge in [0.05, 0.1) is 23.1 Å². The molecule has 0 saturated heterocycles. The zero-order chi connectivity index (χ0) is 12.8. The topological polar surface area (TPSA) is 52.9 Å². The number of hydrogen-bond acceptors (Lipinski definition) is 2. The number of rotatable bonds is 4. The third-order valence-corrected chi connectivity index (χ3v) is 2.90. The molecule has 0 radical (unpaired) electrons. The number of nitrogens with one attached hydrogen (secondary N) is 1. The minimum atomic E-state index is -0.306. The molecule has 1 rings (SSSR count). The number of benzene rings is 1. The Morgan fingerprint density at radius 2 is 2.24 bits per heavy atom. The maximum absolute atomic E-state index is 11.9. The average Bonchev–Trinajstić information content (AvgIpc) is 2.31. The van der Waals surface area contributed by atoms with E-state index in [9.17, 15) is 4.79 Å². The fraction of sp³-hybridized carbons (Fsp3) is 0.333. The third-order valence-electron chi connectivity index (χ3n) is 2.34. The van der Waals surface area contributed by atoms with Crippen LogP contribution in [0.3, 0.4) is 0 Å². The first-order valence-corrected chi connectivity index (χ1v) is 5.97. The molecule has 1 unspecified atom stereocenters. The van der Waals surface area contributed by atoms with Crippen LogP contribution in [0.2, 0.25) is 10.0 Å². The lowest BCUT2D eigenvalue weighted by Crippen LogP contribution is -2.34. The Morgan fingerprint density at radius 3 is 2.82 bits per heavy atom. The Bertz CT molecular complexity index is 454. The van der Waals surface area contributed by atoms with Crippen molar-refractivity contribution < 1.29 is 4.79 Å². The number of nitriles is 1. The van der Waals surface area contributed by atoms with Crippen LogP contribution >= 0.6 is 23.2 Å². The molecule has 17 heavy (non-hydrogen) atoms. The molecule has 1 amide bonds. The molecule has 0 heterocycles. The van der Waals surface area contributed by atoms with E-state index < -0.39 is 0 Å². The van der Waals surface area contributed by atoms with Crippen LogP contribution in [-0.4, -0.2) is 11.9 Å². The molecule has 0 spiro atoms. The van der Waals surface area contributed by atoms with Crippen LogP contribution < -0.4 is 5.32 Å². The quantitative estimate of drug-likeness (QED) is 0.912. The van der Waals surface area contributed by atoms with Gasteiger partial charge in [0.25, 0.3) is 5.91 Å². The van der Waals surface area contributed by atoms with E-state index in [1.807, 2.05) is 13.0 Å². The summed E-state index contributed by atoms with van der Waals surface area (Å²) in [6.45, 7) is 1.90. The van der Waals surface area contributed by atoms with Crippen LogP contribution in [0, 0.1) is 11.3 Å². The van der Waals surface area contributed by atoms with Gasteiger partial charge < -0.3 is 5.32 Å². The highest BCUT2D eigenvalue weighted by Gasteiger charge is 2.14. The lowest BCUT2D eigenvalue weighted by molar-refractivity contribution is 0.0937. The fourth-order valence-corrected chi connectivity index (χ4v) is 1.72. The first-order chi connectivity index (χ1) is 8.08. The van der Waals surface area contributed by atoms with Crippen LogP contribution in [0.5, 0.6) is 0 Å². The summed E-state index contributed by atoms with van der Waals surface area (Å²) in [6, 6.07) is 6.57. The van der Waals surface area contributed by atoms with Gasteiger partial charge >= 0.3 is 0 Å².